The Bertz CT molecular complexity index is 883. The Morgan fingerprint density at radius 3 is 2.32 bits per heavy atom. The van der Waals surface area contributed by atoms with E-state index in [2.05, 4.69) is 76.1 Å². The Morgan fingerprint density at radius 2 is 1.74 bits per heavy atom. The Hall–Kier alpha value is -2.40. The van der Waals surface area contributed by atoms with Crippen molar-refractivity contribution in [3.63, 3.8) is 0 Å². The standard InChI is InChI=1S/C29H45N3O2/c1-9-18-29(32-23-30-22-31-32,26(27(4,5)6)34-21-10-2)20-15-14-19-28(7,8)24-16-12-13-17-25(24)33-11-3/h9-10,12-13,16-17,22-23,26H,1-2,11,14-15,18-21H2,3-8H3. The lowest BCUT2D eigenvalue weighted by Crippen LogP contribution is -2.53. The van der Waals surface area contributed by atoms with Crippen LogP contribution >= 0.6 is 0 Å². The molecule has 1 aromatic heterocycles. The van der Waals surface area contributed by atoms with Gasteiger partial charge in [0.15, 0.2) is 0 Å². The first-order valence-electron chi connectivity index (χ1n) is 12.5. The van der Waals surface area contributed by atoms with Crippen molar-refractivity contribution < 1.29 is 9.47 Å². The molecule has 0 fully saturated rings. The lowest BCUT2D eigenvalue weighted by Gasteiger charge is -2.46. The van der Waals surface area contributed by atoms with Gasteiger partial charge in [-0.2, -0.15) is 5.10 Å². The zero-order valence-corrected chi connectivity index (χ0v) is 22.2. The topological polar surface area (TPSA) is 49.2 Å². The Balaban J connectivity index is 2.26. The fraction of sp³-hybridized carbons (Fsp3) is 0.586. The first-order valence-corrected chi connectivity index (χ1v) is 12.5. The number of para-hydroxylation sites is 1. The van der Waals surface area contributed by atoms with Crippen LogP contribution in [0.5, 0.6) is 5.75 Å². The molecule has 188 valence electrons. The van der Waals surface area contributed by atoms with Gasteiger partial charge in [-0.15, -0.1) is 13.2 Å². The normalized spacial score (nSPS) is 14.9. The average molecular weight is 468 g/mol. The van der Waals surface area contributed by atoms with E-state index in [1.165, 1.54) is 5.56 Å². The van der Waals surface area contributed by atoms with Crippen molar-refractivity contribution in [2.45, 2.75) is 90.7 Å². The second kappa shape index (κ2) is 12.3. The first kappa shape index (κ1) is 27.8. The van der Waals surface area contributed by atoms with Crippen molar-refractivity contribution in [2.75, 3.05) is 13.2 Å². The Morgan fingerprint density at radius 1 is 1.03 bits per heavy atom. The number of rotatable bonds is 15. The molecule has 2 unspecified atom stereocenters. The van der Waals surface area contributed by atoms with Crippen LogP contribution in [0.3, 0.4) is 0 Å². The third-order valence-corrected chi connectivity index (χ3v) is 6.61. The molecular formula is C29H45N3O2. The first-order chi connectivity index (χ1) is 16.1. The maximum absolute atomic E-state index is 6.44. The molecule has 0 saturated carbocycles. The van der Waals surface area contributed by atoms with Crippen LogP contribution in [-0.2, 0) is 15.7 Å². The summed E-state index contributed by atoms with van der Waals surface area (Å²) in [6.07, 6.45) is 12.0. The van der Waals surface area contributed by atoms with Crippen LogP contribution in [0.2, 0.25) is 0 Å². The van der Waals surface area contributed by atoms with E-state index < -0.39 is 0 Å². The summed E-state index contributed by atoms with van der Waals surface area (Å²) >= 11 is 0. The average Bonchev–Trinajstić information content (AvgIpc) is 3.32. The second-order valence-corrected chi connectivity index (χ2v) is 10.8. The zero-order valence-electron chi connectivity index (χ0n) is 22.2. The largest absolute Gasteiger partial charge is 0.494 e. The molecule has 2 rings (SSSR count). The number of hydrogen-bond donors (Lipinski definition) is 0. The smallest absolute Gasteiger partial charge is 0.137 e. The summed E-state index contributed by atoms with van der Waals surface area (Å²) in [5.74, 6) is 0.990. The van der Waals surface area contributed by atoms with Gasteiger partial charge >= 0.3 is 0 Å². The highest BCUT2D eigenvalue weighted by molar-refractivity contribution is 5.38. The highest BCUT2D eigenvalue weighted by Crippen LogP contribution is 2.43. The van der Waals surface area contributed by atoms with Gasteiger partial charge in [-0.25, -0.2) is 9.67 Å². The summed E-state index contributed by atoms with van der Waals surface area (Å²) in [5.41, 5.74) is 0.816. The number of hydrogen-bond acceptors (Lipinski definition) is 4. The molecule has 2 atom stereocenters. The molecule has 0 aliphatic heterocycles. The van der Waals surface area contributed by atoms with E-state index in [9.17, 15) is 0 Å². The van der Waals surface area contributed by atoms with Crippen LogP contribution in [0.25, 0.3) is 0 Å². The van der Waals surface area contributed by atoms with Crippen LogP contribution in [0.15, 0.2) is 62.2 Å². The molecule has 0 amide bonds. The van der Waals surface area contributed by atoms with Crippen LogP contribution in [-0.4, -0.2) is 34.1 Å². The molecule has 0 radical (unpaired) electrons. The number of unbranched alkanes of at least 4 members (excludes halogenated alkanes) is 1. The molecular weight excluding hydrogens is 422 g/mol. The molecule has 0 aliphatic rings. The predicted molar refractivity (Wildman–Crippen MR) is 141 cm³/mol. The fourth-order valence-electron chi connectivity index (χ4n) is 5.17. The van der Waals surface area contributed by atoms with Gasteiger partial charge in [-0.3, -0.25) is 0 Å². The highest BCUT2D eigenvalue weighted by Gasteiger charge is 2.46. The van der Waals surface area contributed by atoms with E-state index in [4.69, 9.17) is 9.47 Å². The molecule has 2 aromatic rings. The Labute approximate surface area is 207 Å². The number of benzene rings is 1. The fourth-order valence-corrected chi connectivity index (χ4v) is 5.17. The van der Waals surface area contributed by atoms with E-state index in [1.54, 1.807) is 6.33 Å². The van der Waals surface area contributed by atoms with Crippen molar-refractivity contribution in [3.8, 4) is 5.75 Å². The van der Waals surface area contributed by atoms with E-state index in [0.717, 1.165) is 37.9 Å². The van der Waals surface area contributed by atoms with Gasteiger partial charge in [0, 0.05) is 0 Å². The number of allylic oxidation sites excluding steroid dienone is 1. The molecule has 0 bridgehead atoms. The van der Waals surface area contributed by atoms with Crippen LogP contribution in [0, 0.1) is 5.41 Å². The molecule has 1 heterocycles. The maximum Gasteiger partial charge on any atom is 0.137 e. The van der Waals surface area contributed by atoms with Crippen molar-refractivity contribution in [2.24, 2.45) is 5.41 Å². The van der Waals surface area contributed by atoms with E-state index >= 15 is 0 Å². The predicted octanol–water partition coefficient (Wildman–Crippen LogP) is 7.10. The Kier molecular flexibility index (Phi) is 10.1. The van der Waals surface area contributed by atoms with Crippen molar-refractivity contribution in [1.29, 1.82) is 0 Å². The van der Waals surface area contributed by atoms with E-state index in [1.807, 2.05) is 36.2 Å². The van der Waals surface area contributed by atoms with Gasteiger partial charge in [-0.05, 0) is 48.6 Å². The summed E-state index contributed by atoms with van der Waals surface area (Å²) in [5, 5.41) is 4.59. The molecule has 0 aliphatic carbocycles. The molecule has 0 saturated heterocycles. The van der Waals surface area contributed by atoms with Gasteiger partial charge in [0.2, 0.25) is 0 Å². The summed E-state index contributed by atoms with van der Waals surface area (Å²) in [4.78, 5) is 4.28. The summed E-state index contributed by atoms with van der Waals surface area (Å²) < 4.78 is 14.4. The molecule has 34 heavy (non-hydrogen) atoms. The monoisotopic (exact) mass is 467 g/mol. The summed E-state index contributed by atoms with van der Waals surface area (Å²) in [6.45, 7) is 22.5. The van der Waals surface area contributed by atoms with Crippen molar-refractivity contribution in [3.05, 3.63) is 67.8 Å². The van der Waals surface area contributed by atoms with Crippen LogP contribution in [0.1, 0.15) is 79.2 Å². The third kappa shape index (κ3) is 6.82. The van der Waals surface area contributed by atoms with E-state index in [-0.39, 0.29) is 22.5 Å². The van der Waals surface area contributed by atoms with Crippen molar-refractivity contribution in [1.82, 2.24) is 14.8 Å². The molecule has 0 N–H and O–H groups in total. The van der Waals surface area contributed by atoms with E-state index in [0.29, 0.717) is 13.2 Å². The number of aromatic nitrogens is 3. The quantitative estimate of drug-likeness (QED) is 0.207. The number of ether oxygens (including phenoxy) is 2. The highest BCUT2D eigenvalue weighted by atomic mass is 16.5. The second-order valence-electron chi connectivity index (χ2n) is 10.8. The summed E-state index contributed by atoms with van der Waals surface area (Å²) in [7, 11) is 0. The molecule has 0 spiro atoms. The SMILES string of the molecule is C=CCOC(C(C)(C)C)C(CC=C)(CCCCC(C)(C)c1ccccc1OCC)n1cncn1. The lowest BCUT2D eigenvalue weighted by molar-refractivity contribution is -0.0935. The van der Waals surface area contributed by atoms with Gasteiger partial charge in [-0.1, -0.05) is 77.8 Å². The molecule has 1 aromatic carbocycles. The third-order valence-electron chi connectivity index (χ3n) is 6.61. The van der Waals surface area contributed by atoms with Gasteiger partial charge < -0.3 is 9.47 Å². The lowest BCUT2D eigenvalue weighted by atomic mass is 9.71. The van der Waals surface area contributed by atoms with Gasteiger partial charge in [0.1, 0.15) is 18.4 Å². The minimum Gasteiger partial charge on any atom is -0.494 e. The van der Waals surface area contributed by atoms with Crippen LogP contribution in [0.4, 0.5) is 0 Å². The maximum atomic E-state index is 6.44. The van der Waals surface area contributed by atoms with Crippen LogP contribution < -0.4 is 4.74 Å². The minimum atomic E-state index is -0.368. The molecule has 5 nitrogen and oxygen atoms in total. The van der Waals surface area contributed by atoms with Gasteiger partial charge in [0.05, 0.1) is 24.9 Å². The minimum absolute atomic E-state index is 0.0168. The summed E-state index contributed by atoms with van der Waals surface area (Å²) in [6, 6.07) is 8.42. The number of nitrogens with zero attached hydrogens (tertiary/aromatic N) is 3. The van der Waals surface area contributed by atoms with Crippen molar-refractivity contribution >= 4 is 0 Å². The zero-order chi connectivity index (χ0) is 25.2. The molecule has 5 heteroatoms. The van der Waals surface area contributed by atoms with Gasteiger partial charge in [0.25, 0.3) is 0 Å².